The number of amides is 1. The lowest BCUT2D eigenvalue weighted by Gasteiger charge is -2.19. The second-order valence-electron chi connectivity index (χ2n) is 9.43. The molecule has 0 radical (unpaired) electrons. The molecule has 0 fully saturated rings. The van der Waals surface area contributed by atoms with Gasteiger partial charge in [0.05, 0.1) is 0 Å². The molecule has 36 heavy (non-hydrogen) atoms. The monoisotopic (exact) mass is 478 g/mol. The van der Waals surface area contributed by atoms with Crippen molar-refractivity contribution in [3.05, 3.63) is 106 Å². The zero-order valence-electron chi connectivity index (χ0n) is 20.6. The maximum absolute atomic E-state index is 13.4. The van der Waals surface area contributed by atoms with Crippen LogP contribution in [0.15, 0.2) is 83.3 Å². The van der Waals surface area contributed by atoms with Crippen LogP contribution < -0.4 is 15.6 Å². The molecule has 2 aromatic carbocycles. The Kier molecular flexibility index (Phi) is 6.71. The third-order valence-corrected chi connectivity index (χ3v) is 5.63. The molecule has 1 N–H and O–H groups in total. The van der Waals surface area contributed by atoms with Gasteiger partial charge in [-0.25, -0.2) is 0 Å². The van der Waals surface area contributed by atoms with Crippen LogP contribution in [-0.2, 0) is 10.2 Å². The van der Waals surface area contributed by atoms with Crippen LogP contribution in [0.5, 0.6) is 11.6 Å². The van der Waals surface area contributed by atoms with Gasteiger partial charge in [0.15, 0.2) is 0 Å². The van der Waals surface area contributed by atoms with E-state index in [2.05, 4.69) is 31.1 Å². The van der Waals surface area contributed by atoms with Crippen molar-refractivity contribution in [2.24, 2.45) is 0 Å². The van der Waals surface area contributed by atoms with Crippen molar-refractivity contribution in [3.8, 4) is 17.7 Å². The van der Waals surface area contributed by atoms with E-state index in [1.807, 2.05) is 37.3 Å². The predicted octanol–water partition coefficient (Wildman–Crippen LogP) is 5.64. The molecule has 0 unspecified atom stereocenters. The number of nitriles is 1. The lowest BCUT2D eigenvalue weighted by Crippen LogP contribution is -2.20. The number of nitrogens with zero attached hydrogens (tertiary/aromatic N) is 3. The van der Waals surface area contributed by atoms with Crippen LogP contribution in [0.3, 0.4) is 0 Å². The van der Waals surface area contributed by atoms with Crippen molar-refractivity contribution in [1.82, 2.24) is 9.38 Å². The molecule has 0 aliphatic heterocycles. The Morgan fingerprint density at radius 3 is 2.39 bits per heavy atom. The number of carbonyl (C=O) groups is 1. The fourth-order valence-electron chi connectivity index (χ4n) is 3.55. The highest BCUT2D eigenvalue weighted by atomic mass is 16.5. The number of aromatic nitrogens is 2. The topological polar surface area (TPSA) is 96.5 Å². The minimum Gasteiger partial charge on any atom is -0.438 e. The summed E-state index contributed by atoms with van der Waals surface area (Å²) in [7, 11) is 0. The molecule has 0 bridgehead atoms. The van der Waals surface area contributed by atoms with E-state index in [0.717, 1.165) is 11.1 Å². The summed E-state index contributed by atoms with van der Waals surface area (Å²) in [6.45, 7) is 8.28. The van der Waals surface area contributed by atoms with E-state index in [0.29, 0.717) is 17.1 Å². The highest BCUT2D eigenvalue weighted by Crippen LogP contribution is 2.28. The summed E-state index contributed by atoms with van der Waals surface area (Å²) in [5.41, 5.74) is 2.33. The van der Waals surface area contributed by atoms with Gasteiger partial charge >= 0.3 is 0 Å². The van der Waals surface area contributed by atoms with E-state index in [1.54, 1.807) is 48.7 Å². The Balaban J connectivity index is 1.76. The van der Waals surface area contributed by atoms with E-state index in [4.69, 9.17) is 4.74 Å². The van der Waals surface area contributed by atoms with Crippen molar-refractivity contribution in [1.29, 1.82) is 5.26 Å². The molecule has 7 nitrogen and oxygen atoms in total. The number of anilines is 1. The molecule has 0 aliphatic carbocycles. The number of hydrogen-bond donors (Lipinski definition) is 1. The zero-order chi connectivity index (χ0) is 25.9. The fourth-order valence-corrected chi connectivity index (χ4v) is 3.55. The summed E-state index contributed by atoms with van der Waals surface area (Å²) in [5, 5.41) is 12.4. The van der Waals surface area contributed by atoms with Crippen molar-refractivity contribution in [2.75, 3.05) is 5.32 Å². The molecule has 2 aromatic heterocycles. The van der Waals surface area contributed by atoms with E-state index < -0.39 is 11.5 Å². The van der Waals surface area contributed by atoms with Gasteiger partial charge in [-0.2, -0.15) is 10.2 Å². The van der Waals surface area contributed by atoms with E-state index in [-0.39, 0.29) is 22.4 Å². The number of fused-ring (bicyclic) bond motifs is 1. The molecular weight excluding hydrogens is 452 g/mol. The Hall–Kier alpha value is -4.70. The maximum Gasteiger partial charge on any atom is 0.269 e. The van der Waals surface area contributed by atoms with Crippen molar-refractivity contribution < 1.29 is 9.53 Å². The standard InChI is InChI=1S/C29H26N4O3/c1-19-8-12-22(13-9-19)31-26(34)20(18-30)17-24-27(32-25-7-5-6-16-33(25)28(24)35)36-23-14-10-21(11-15-23)29(2,3)4/h5-17H,1-4H3,(H,31,34). The average molecular weight is 479 g/mol. The van der Waals surface area contributed by atoms with Gasteiger partial charge in [0, 0.05) is 11.9 Å². The van der Waals surface area contributed by atoms with Crippen LogP contribution in [0.1, 0.15) is 37.5 Å². The Labute approximate surface area is 209 Å². The molecular formula is C29H26N4O3. The molecule has 4 rings (SSSR count). The molecule has 180 valence electrons. The second-order valence-corrected chi connectivity index (χ2v) is 9.43. The second kappa shape index (κ2) is 9.88. The summed E-state index contributed by atoms with van der Waals surface area (Å²) >= 11 is 0. The smallest absolute Gasteiger partial charge is 0.269 e. The van der Waals surface area contributed by atoms with Gasteiger partial charge in [0.25, 0.3) is 11.5 Å². The Morgan fingerprint density at radius 2 is 1.75 bits per heavy atom. The summed E-state index contributed by atoms with van der Waals surface area (Å²) in [5.74, 6) is -0.155. The quantitative estimate of drug-likeness (QED) is 0.296. The number of carbonyl (C=O) groups excluding carboxylic acids is 1. The SMILES string of the molecule is Cc1ccc(NC(=O)C(C#N)=Cc2c(Oc3ccc(C(C)(C)C)cc3)nc3ccccn3c2=O)cc1. The third kappa shape index (κ3) is 5.34. The van der Waals surface area contributed by atoms with Crippen LogP contribution in [0.4, 0.5) is 5.69 Å². The van der Waals surface area contributed by atoms with Crippen LogP contribution in [0.25, 0.3) is 11.7 Å². The average Bonchev–Trinajstić information content (AvgIpc) is 2.85. The van der Waals surface area contributed by atoms with Gasteiger partial charge in [-0.05, 0) is 60.4 Å². The summed E-state index contributed by atoms with van der Waals surface area (Å²) in [6.07, 6.45) is 2.79. The maximum atomic E-state index is 13.4. The third-order valence-electron chi connectivity index (χ3n) is 5.63. The van der Waals surface area contributed by atoms with E-state index >= 15 is 0 Å². The van der Waals surface area contributed by atoms with Gasteiger partial charge in [-0.1, -0.05) is 56.7 Å². The molecule has 0 aliphatic rings. The molecule has 0 spiro atoms. The normalized spacial score (nSPS) is 11.7. The molecule has 7 heteroatoms. The van der Waals surface area contributed by atoms with E-state index in [1.165, 1.54) is 10.5 Å². The van der Waals surface area contributed by atoms with Gasteiger partial charge < -0.3 is 10.1 Å². The minimum absolute atomic E-state index is 0.00518. The fraction of sp³-hybridized carbons (Fsp3) is 0.172. The number of aryl methyl sites for hydroxylation is 1. The van der Waals surface area contributed by atoms with Crippen molar-refractivity contribution in [3.63, 3.8) is 0 Å². The first-order chi connectivity index (χ1) is 17.2. The van der Waals surface area contributed by atoms with Gasteiger partial charge in [-0.3, -0.25) is 14.0 Å². The lowest BCUT2D eigenvalue weighted by molar-refractivity contribution is -0.112. The summed E-state index contributed by atoms with van der Waals surface area (Å²) < 4.78 is 7.35. The van der Waals surface area contributed by atoms with Crippen LogP contribution in [-0.4, -0.2) is 15.3 Å². The largest absolute Gasteiger partial charge is 0.438 e. The predicted molar refractivity (Wildman–Crippen MR) is 140 cm³/mol. The van der Waals surface area contributed by atoms with Crippen molar-refractivity contribution >= 4 is 23.3 Å². The van der Waals surface area contributed by atoms with Crippen LogP contribution in [0.2, 0.25) is 0 Å². The molecule has 1 amide bonds. The number of nitrogens with one attached hydrogen (secondary N) is 1. The Morgan fingerprint density at radius 1 is 1.06 bits per heavy atom. The summed E-state index contributed by atoms with van der Waals surface area (Å²) in [6, 6.07) is 21.7. The highest BCUT2D eigenvalue weighted by Gasteiger charge is 2.18. The number of pyridine rings is 1. The zero-order valence-corrected chi connectivity index (χ0v) is 20.6. The first-order valence-corrected chi connectivity index (χ1v) is 11.5. The number of benzene rings is 2. The molecule has 0 saturated carbocycles. The molecule has 0 atom stereocenters. The molecule has 4 aromatic rings. The highest BCUT2D eigenvalue weighted by molar-refractivity contribution is 6.09. The molecule has 2 heterocycles. The lowest BCUT2D eigenvalue weighted by atomic mass is 9.87. The van der Waals surface area contributed by atoms with Crippen LogP contribution in [0, 0.1) is 18.3 Å². The first-order valence-electron chi connectivity index (χ1n) is 11.5. The van der Waals surface area contributed by atoms with Gasteiger partial charge in [0.2, 0.25) is 5.88 Å². The minimum atomic E-state index is -0.639. The van der Waals surface area contributed by atoms with Crippen molar-refractivity contribution in [2.45, 2.75) is 33.1 Å². The van der Waals surface area contributed by atoms with Crippen LogP contribution >= 0.6 is 0 Å². The first kappa shape index (κ1) is 24.4. The number of hydrogen-bond acceptors (Lipinski definition) is 5. The number of rotatable bonds is 5. The molecule has 0 saturated heterocycles. The summed E-state index contributed by atoms with van der Waals surface area (Å²) in [4.78, 5) is 30.7. The van der Waals surface area contributed by atoms with Gasteiger partial charge in [0.1, 0.15) is 28.6 Å². The van der Waals surface area contributed by atoms with Gasteiger partial charge in [-0.15, -0.1) is 0 Å². The Bertz CT molecular complexity index is 1550. The van der Waals surface area contributed by atoms with E-state index in [9.17, 15) is 14.9 Å². The number of ether oxygens (including phenoxy) is 1.